The fraction of sp³-hybridized carbons (Fsp3) is 0.800. The summed E-state index contributed by atoms with van der Waals surface area (Å²) in [5.74, 6) is 1.41. The van der Waals surface area contributed by atoms with Gasteiger partial charge in [0.2, 0.25) is 0 Å². The minimum absolute atomic E-state index is 0.184. The highest BCUT2D eigenvalue weighted by Crippen LogP contribution is 2.33. The van der Waals surface area contributed by atoms with Crippen molar-refractivity contribution in [2.75, 3.05) is 0 Å². The molecular formula is C15H26N2O. The summed E-state index contributed by atoms with van der Waals surface area (Å²) >= 11 is 0. The normalized spacial score (nSPS) is 26.2. The highest BCUT2D eigenvalue weighted by Gasteiger charge is 2.26. The van der Waals surface area contributed by atoms with Crippen LogP contribution in [0.1, 0.15) is 51.0 Å². The minimum Gasteiger partial charge on any atom is -0.392 e. The van der Waals surface area contributed by atoms with Gasteiger partial charge in [-0.15, -0.1) is 0 Å². The lowest BCUT2D eigenvalue weighted by atomic mass is 9.77. The van der Waals surface area contributed by atoms with Crippen molar-refractivity contribution in [3.05, 3.63) is 18.0 Å². The van der Waals surface area contributed by atoms with Crippen LogP contribution in [0.15, 0.2) is 12.4 Å². The summed E-state index contributed by atoms with van der Waals surface area (Å²) in [6.45, 7) is 2.27. The lowest BCUT2D eigenvalue weighted by Crippen LogP contribution is -2.27. The fourth-order valence-corrected chi connectivity index (χ4v) is 3.26. The molecule has 0 saturated heterocycles. The maximum Gasteiger partial charge on any atom is 0.0609 e. The SMILES string of the molecule is CCCC1CCC(C(O)Cc2cnn(C)c2)CC1. The third-order valence-corrected chi connectivity index (χ3v) is 4.34. The van der Waals surface area contributed by atoms with E-state index in [4.69, 9.17) is 0 Å². The highest BCUT2D eigenvalue weighted by molar-refractivity contribution is 5.05. The van der Waals surface area contributed by atoms with Crippen molar-refractivity contribution in [3.8, 4) is 0 Å². The number of aromatic nitrogens is 2. The van der Waals surface area contributed by atoms with Gasteiger partial charge in [-0.3, -0.25) is 4.68 Å². The van der Waals surface area contributed by atoms with Gasteiger partial charge in [0.1, 0.15) is 0 Å². The second kappa shape index (κ2) is 6.37. The summed E-state index contributed by atoms with van der Waals surface area (Å²) in [5, 5.41) is 14.5. The third-order valence-electron chi connectivity index (χ3n) is 4.34. The van der Waals surface area contributed by atoms with Gasteiger partial charge >= 0.3 is 0 Å². The molecule has 3 nitrogen and oxygen atoms in total. The predicted molar refractivity (Wildman–Crippen MR) is 73.3 cm³/mol. The zero-order chi connectivity index (χ0) is 13.0. The van der Waals surface area contributed by atoms with Crippen LogP contribution in [0.4, 0.5) is 0 Å². The first-order chi connectivity index (χ1) is 8.69. The number of hydrogen-bond acceptors (Lipinski definition) is 2. The van der Waals surface area contributed by atoms with Gasteiger partial charge in [0, 0.05) is 19.7 Å². The first-order valence-electron chi connectivity index (χ1n) is 7.34. The van der Waals surface area contributed by atoms with Gasteiger partial charge < -0.3 is 5.11 Å². The molecule has 1 saturated carbocycles. The van der Waals surface area contributed by atoms with Crippen molar-refractivity contribution in [2.45, 2.75) is 58.0 Å². The Morgan fingerprint density at radius 3 is 2.67 bits per heavy atom. The van der Waals surface area contributed by atoms with Crippen LogP contribution < -0.4 is 0 Å². The Balaban J connectivity index is 1.78. The standard InChI is InChI=1S/C15H26N2O/c1-3-4-12-5-7-14(8-6-12)15(18)9-13-10-16-17(2)11-13/h10-12,14-15,18H,3-9H2,1-2H3. The molecule has 0 amide bonds. The van der Waals surface area contributed by atoms with Crippen molar-refractivity contribution in [2.24, 2.45) is 18.9 Å². The molecule has 1 unspecified atom stereocenters. The second-order valence-electron chi connectivity index (χ2n) is 5.86. The summed E-state index contributed by atoms with van der Waals surface area (Å²) in [4.78, 5) is 0. The van der Waals surface area contributed by atoms with Crippen molar-refractivity contribution >= 4 is 0 Å². The van der Waals surface area contributed by atoms with E-state index in [0.717, 1.165) is 17.9 Å². The Bertz CT molecular complexity index is 353. The van der Waals surface area contributed by atoms with Gasteiger partial charge in [0.15, 0.2) is 0 Å². The van der Waals surface area contributed by atoms with Gasteiger partial charge in [-0.05, 0) is 30.2 Å². The number of aryl methyl sites for hydroxylation is 1. The van der Waals surface area contributed by atoms with E-state index in [9.17, 15) is 5.11 Å². The Hall–Kier alpha value is -0.830. The molecule has 0 bridgehead atoms. The van der Waals surface area contributed by atoms with Crippen LogP contribution in [-0.4, -0.2) is 21.0 Å². The lowest BCUT2D eigenvalue weighted by molar-refractivity contribution is 0.0728. The van der Waals surface area contributed by atoms with E-state index >= 15 is 0 Å². The maximum atomic E-state index is 10.3. The molecule has 0 aromatic carbocycles. The van der Waals surface area contributed by atoms with Gasteiger partial charge in [-0.2, -0.15) is 5.10 Å². The highest BCUT2D eigenvalue weighted by atomic mass is 16.3. The van der Waals surface area contributed by atoms with E-state index in [1.165, 1.54) is 38.5 Å². The molecule has 1 aliphatic rings. The van der Waals surface area contributed by atoms with E-state index in [1.807, 2.05) is 19.4 Å². The number of hydrogen-bond donors (Lipinski definition) is 1. The third kappa shape index (κ3) is 3.58. The molecule has 18 heavy (non-hydrogen) atoms. The van der Waals surface area contributed by atoms with Gasteiger partial charge in [-0.25, -0.2) is 0 Å². The predicted octanol–water partition coefficient (Wildman–Crippen LogP) is 2.93. The summed E-state index contributed by atoms with van der Waals surface area (Å²) in [5.41, 5.74) is 1.15. The first-order valence-corrected chi connectivity index (χ1v) is 7.34. The van der Waals surface area contributed by atoms with Crippen molar-refractivity contribution in [3.63, 3.8) is 0 Å². The Morgan fingerprint density at radius 1 is 1.39 bits per heavy atom. The Kier molecular flexibility index (Phi) is 4.81. The summed E-state index contributed by atoms with van der Waals surface area (Å²) in [6, 6.07) is 0. The topological polar surface area (TPSA) is 38.1 Å². The number of aliphatic hydroxyl groups excluding tert-OH is 1. The first kappa shape index (κ1) is 13.6. The molecule has 0 aliphatic heterocycles. The molecule has 0 spiro atoms. The molecule has 0 radical (unpaired) electrons. The Morgan fingerprint density at radius 2 is 2.11 bits per heavy atom. The van der Waals surface area contributed by atoms with E-state index < -0.39 is 0 Å². The summed E-state index contributed by atoms with van der Waals surface area (Å²) in [7, 11) is 1.92. The van der Waals surface area contributed by atoms with Crippen molar-refractivity contribution < 1.29 is 5.11 Å². The molecule has 1 aromatic heterocycles. The molecule has 1 fully saturated rings. The van der Waals surface area contributed by atoms with E-state index in [2.05, 4.69) is 12.0 Å². The molecule has 102 valence electrons. The fourth-order valence-electron chi connectivity index (χ4n) is 3.26. The van der Waals surface area contributed by atoms with Gasteiger partial charge in [0.05, 0.1) is 12.3 Å². The van der Waals surface area contributed by atoms with Crippen LogP contribution in [0.2, 0.25) is 0 Å². The van der Waals surface area contributed by atoms with Crippen LogP contribution >= 0.6 is 0 Å². The minimum atomic E-state index is -0.184. The molecule has 3 heteroatoms. The van der Waals surface area contributed by atoms with Crippen LogP contribution in [0.5, 0.6) is 0 Å². The second-order valence-corrected chi connectivity index (χ2v) is 5.86. The van der Waals surface area contributed by atoms with Gasteiger partial charge in [-0.1, -0.05) is 32.6 Å². The van der Waals surface area contributed by atoms with Crippen LogP contribution in [0, 0.1) is 11.8 Å². The smallest absolute Gasteiger partial charge is 0.0609 e. The molecule has 1 aliphatic carbocycles. The molecule has 2 rings (SSSR count). The zero-order valence-electron chi connectivity index (χ0n) is 11.7. The number of nitrogens with zero attached hydrogens (tertiary/aromatic N) is 2. The molecule has 1 atom stereocenters. The average molecular weight is 250 g/mol. The Labute approximate surface area is 110 Å². The quantitative estimate of drug-likeness (QED) is 0.872. The lowest BCUT2D eigenvalue weighted by Gasteiger charge is -2.31. The van der Waals surface area contributed by atoms with E-state index in [-0.39, 0.29) is 6.10 Å². The van der Waals surface area contributed by atoms with E-state index in [0.29, 0.717) is 5.92 Å². The van der Waals surface area contributed by atoms with Crippen LogP contribution in [0.25, 0.3) is 0 Å². The number of rotatable bonds is 5. The number of aliphatic hydroxyl groups is 1. The van der Waals surface area contributed by atoms with Crippen LogP contribution in [-0.2, 0) is 13.5 Å². The van der Waals surface area contributed by atoms with Crippen LogP contribution in [0.3, 0.4) is 0 Å². The van der Waals surface area contributed by atoms with Gasteiger partial charge in [0.25, 0.3) is 0 Å². The monoisotopic (exact) mass is 250 g/mol. The molecule has 1 N–H and O–H groups in total. The molecule has 1 aromatic rings. The maximum absolute atomic E-state index is 10.3. The van der Waals surface area contributed by atoms with Crippen molar-refractivity contribution in [1.82, 2.24) is 9.78 Å². The molecule has 1 heterocycles. The summed E-state index contributed by atoms with van der Waals surface area (Å²) in [6.07, 6.45) is 12.1. The van der Waals surface area contributed by atoms with Crippen molar-refractivity contribution in [1.29, 1.82) is 0 Å². The average Bonchev–Trinajstić information content (AvgIpc) is 2.76. The largest absolute Gasteiger partial charge is 0.392 e. The van der Waals surface area contributed by atoms with E-state index in [1.54, 1.807) is 4.68 Å². The molecular weight excluding hydrogens is 224 g/mol. The zero-order valence-corrected chi connectivity index (χ0v) is 11.7. The summed E-state index contributed by atoms with van der Waals surface area (Å²) < 4.78 is 1.81.